The third-order valence-electron chi connectivity index (χ3n) is 3.03. The average Bonchev–Trinajstić information content (AvgIpc) is 3.01. The number of amides is 1. The molecule has 0 fully saturated rings. The van der Waals surface area contributed by atoms with Crippen LogP contribution < -0.4 is 5.32 Å². The Morgan fingerprint density at radius 1 is 1.00 bits per heavy atom. The molecule has 0 spiro atoms. The maximum Gasteiger partial charge on any atom is 0.294 e. The first kappa shape index (κ1) is 14.8. The molecule has 3 rings (SSSR count). The van der Waals surface area contributed by atoms with Gasteiger partial charge in [-0.2, -0.15) is 0 Å². The predicted molar refractivity (Wildman–Crippen MR) is 76.2 cm³/mol. The standard InChI is InChI=1S/C16H9F3N2O2/c17-10-3-1-2-9(6-10)14-8-15(23-21-14)16(22)20-11-4-5-12(18)13(19)7-11/h1-8H,(H,20,22). The molecule has 0 bridgehead atoms. The van der Waals surface area contributed by atoms with Gasteiger partial charge in [-0.1, -0.05) is 17.3 Å². The summed E-state index contributed by atoms with van der Waals surface area (Å²) in [6.45, 7) is 0. The Kier molecular flexibility index (Phi) is 3.84. The molecule has 0 saturated carbocycles. The molecule has 0 atom stereocenters. The lowest BCUT2D eigenvalue weighted by Crippen LogP contribution is -2.11. The Balaban J connectivity index is 1.79. The number of hydrogen-bond acceptors (Lipinski definition) is 3. The van der Waals surface area contributed by atoms with E-state index in [9.17, 15) is 18.0 Å². The highest BCUT2D eigenvalue weighted by atomic mass is 19.2. The van der Waals surface area contributed by atoms with Crippen molar-refractivity contribution >= 4 is 11.6 Å². The summed E-state index contributed by atoms with van der Waals surface area (Å²) in [7, 11) is 0. The van der Waals surface area contributed by atoms with Gasteiger partial charge in [-0.15, -0.1) is 0 Å². The molecule has 1 aromatic heterocycles. The second-order valence-electron chi connectivity index (χ2n) is 4.67. The van der Waals surface area contributed by atoms with Crippen LogP contribution in [0.3, 0.4) is 0 Å². The monoisotopic (exact) mass is 318 g/mol. The van der Waals surface area contributed by atoms with Crippen LogP contribution in [0.25, 0.3) is 11.3 Å². The topological polar surface area (TPSA) is 55.1 Å². The fraction of sp³-hybridized carbons (Fsp3) is 0. The highest BCUT2D eigenvalue weighted by Crippen LogP contribution is 2.21. The normalized spacial score (nSPS) is 10.6. The first-order valence-electron chi connectivity index (χ1n) is 6.52. The summed E-state index contributed by atoms with van der Waals surface area (Å²) in [6.07, 6.45) is 0. The Morgan fingerprint density at radius 3 is 2.57 bits per heavy atom. The number of anilines is 1. The lowest BCUT2D eigenvalue weighted by Gasteiger charge is -2.02. The van der Waals surface area contributed by atoms with Crippen LogP contribution in [0.5, 0.6) is 0 Å². The Bertz CT molecular complexity index is 877. The van der Waals surface area contributed by atoms with E-state index >= 15 is 0 Å². The third kappa shape index (κ3) is 3.23. The molecule has 0 unspecified atom stereocenters. The number of rotatable bonds is 3. The smallest absolute Gasteiger partial charge is 0.294 e. The SMILES string of the molecule is O=C(Nc1ccc(F)c(F)c1)c1cc(-c2cccc(F)c2)no1. The highest BCUT2D eigenvalue weighted by Gasteiger charge is 2.15. The van der Waals surface area contributed by atoms with Crippen molar-refractivity contribution in [2.75, 3.05) is 5.32 Å². The summed E-state index contributed by atoms with van der Waals surface area (Å²) in [5.74, 6) is -3.38. The lowest BCUT2D eigenvalue weighted by atomic mass is 10.1. The van der Waals surface area contributed by atoms with Gasteiger partial charge in [0.2, 0.25) is 5.76 Å². The van der Waals surface area contributed by atoms with Gasteiger partial charge in [0, 0.05) is 23.4 Å². The van der Waals surface area contributed by atoms with E-state index in [-0.39, 0.29) is 17.1 Å². The first-order valence-corrected chi connectivity index (χ1v) is 6.52. The second kappa shape index (κ2) is 5.96. The van der Waals surface area contributed by atoms with Crippen molar-refractivity contribution in [3.05, 3.63) is 71.7 Å². The first-order chi connectivity index (χ1) is 11.0. The van der Waals surface area contributed by atoms with Crippen LogP contribution in [-0.2, 0) is 0 Å². The number of nitrogens with zero attached hydrogens (tertiary/aromatic N) is 1. The highest BCUT2D eigenvalue weighted by molar-refractivity contribution is 6.02. The van der Waals surface area contributed by atoms with Crippen molar-refractivity contribution in [1.29, 1.82) is 0 Å². The lowest BCUT2D eigenvalue weighted by molar-refractivity contribution is 0.0988. The van der Waals surface area contributed by atoms with Gasteiger partial charge in [-0.25, -0.2) is 13.2 Å². The quantitative estimate of drug-likeness (QED) is 0.794. The molecule has 0 aliphatic heterocycles. The summed E-state index contributed by atoms with van der Waals surface area (Å²) in [5, 5.41) is 6.03. The van der Waals surface area contributed by atoms with Crippen LogP contribution in [0.15, 0.2) is 53.1 Å². The molecule has 3 aromatic rings. The summed E-state index contributed by atoms with van der Waals surface area (Å²) < 4.78 is 44.0. The number of carbonyl (C=O) groups is 1. The zero-order valence-electron chi connectivity index (χ0n) is 11.5. The van der Waals surface area contributed by atoms with Gasteiger partial charge in [0.25, 0.3) is 5.91 Å². The van der Waals surface area contributed by atoms with E-state index in [4.69, 9.17) is 4.52 Å². The zero-order valence-corrected chi connectivity index (χ0v) is 11.5. The fourth-order valence-corrected chi connectivity index (χ4v) is 1.93. The maximum absolute atomic E-state index is 13.2. The molecular formula is C16H9F3N2O2. The molecule has 4 nitrogen and oxygen atoms in total. The Hall–Kier alpha value is -3.09. The summed E-state index contributed by atoms with van der Waals surface area (Å²) in [5.41, 5.74) is 0.790. The number of nitrogens with one attached hydrogen (secondary N) is 1. The number of benzene rings is 2. The molecule has 116 valence electrons. The van der Waals surface area contributed by atoms with Gasteiger partial charge in [0.1, 0.15) is 11.5 Å². The summed E-state index contributed by atoms with van der Waals surface area (Å²) in [4.78, 5) is 12.0. The summed E-state index contributed by atoms with van der Waals surface area (Å²) >= 11 is 0. The van der Waals surface area contributed by atoms with Crippen molar-refractivity contribution in [2.24, 2.45) is 0 Å². The molecule has 2 aromatic carbocycles. The second-order valence-corrected chi connectivity index (χ2v) is 4.67. The molecule has 0 radical (unpaired) electrons. The van der Waals surface area contributed by atoms with E-state index in [0.717, 1.165) is 12.1 Å². The van der Waals surface area contributed by atoms with Gasteiger partial charge in [0.05, 0.1) is 0 Å². The Labute approximate surface area is 128 Å². The molecule has 23 heavy (non-hydrogen) atoms. The van der Waals surface area contributed by atoms with Gasteiger partial charge < -0.3 is 9.84 Å². The van der Waals surface area contributed by atoms with Gasteiger partial charge in [-0.3, -0.25) is 4.79 Å². The van der Waals surface area contributed by atoms with Crippen LogP contribution in [0.4, 0.5) is 18.9 Å². The maximum atomic E-state index is 13.2. The van der Waals surface area contributed by atoms with Crippen LogP contribution in [0, 0.1) is 17.5 Å². The summed E-state index contributed by atoms with van der Waals surface area (Å²) in [6, 6.07) is 9.90. The van der Waals surface area contributed by atoms with Gasteiger partial charge >= 0.3 is 0 Å². The number of aromatic nitrogens is 1. The molecular weight excluding hydrogens is 309 g/mol. The van der Waals surface area contributed by atoms with Crippen molar-refractivity contribution in [1.82, 2.24) is 5.16 Å². The third-order valence-corrected chi connectivity index (χ3v) is 3.03. The number of halogens is 3. The van der Waals surface area contributed by atoms with E-state index in [2.05, 4.69) is 10.5 Å². The molecule has 1 amide bonds. The van der Waals surface area contributed by atoms with Gasteiger partial charge in [0.15, 0.2) is 11.6 Å². The van der Waals surface area contributed by atoms with Crippen molar-refractivity contribution in [2.45, 2.75) is 0 Å². The Morgan fingerprint density at radius 2 is 1.83 bits per heavy atom. The van der Waals surface area contributed by atoms with E-state index in [1.165, 1.54) is 30.3 Å². The molecule has 0 aliphatic rings. The molecule has 0 saturated heterocycles. The van der Waals surface area contributed by atoms with E-state index in [1.54, 1.807) is 6.07 Å². The number of hydrogen-bond donors (Lipinski definition) is 1. The van der Waals surface area contributed by atoms with Crippen LogP contribution in [0.2, 0.25) is 0 Å². The van der Waals surface area contributed by atoms with E-state index in [0.29, 0.717) is 5.56 Å². The van der Waals surface area contributed by atoms with Crippen molar-refractivity contribution in [3.8, 4) is 11.3 Å². The van der Waals surface area contributed by atoms with Crippen molar-refractivity contribution in [3.63, 3.8) is 0 Å². The predicted octanol–water partition coefficient (Wildman–Crippen LogP) is 4.01. The van der Waals surface area contributed by atoms with E-state index < -0.39 is 23.4 Å². The molecule has 1 heterocycles. The molecule has 1 N–H and O–H groups in total. The largest absolute Gasteiger partial charge is 0.350 e. The minimum Gasteiger partial charge on any atom is -0.350 e. The molecule has 0 aliphatic carbocycles. The molecule has 7 heteroatoms. The fourth-order valence-electron chi connectivity index (χ4n) is 1.93. The van der Waals surface area contributed by atoms with Crippen molar-refractivity contribution < 1.29 is 22.5 Å². The average molecular weight is 318 g/mol. The van der Waals surface area contributed by atoms with Crippen LogP contribution >= 0.6 is 0 Å². The number of carbonyl (C=O) groups excluding carboxylic acids is 1. The van der Waals surface area contributed by atoms with Crippen LogP contribution in [0.1, 0.15) is 10.6 Å². The minimum atomic E-state index is -1.08. The van der Waals surface area contributed by atoms with Crippen LogP contribution in [-0.4, -0.2) is 11.1 Å². The zero-order chi connectivity index (χ0) is 16.4. The van der Waals surface area contributed by atoms with Gasteiger partial charge in [-0.05, 0) is 24.3 Å². The minimum absolute atomic E-state index is 0.0672. The van der Waals surface area contributed by atoms with E-state index in [1.807, 2.05) is 0 Å².